The molecule has 0 aliphatic heterocycles. The predicted molar refractivity (Wildman–Crippen MR) is 164 cm³/mol. The van der Waals surface area contributed by atoms with Crippen molar-refractivity contribution < 1.29 is 0 Å². The van der Waals surface area contributed by atoms with Crippen LogP contribution >= 0.6 is 0 Å². The van der Waals surface area contributed by atoms with E-state index in [1.807, 2.05) is 0 Å². The highest BCUT2D eigenvalue weighted by Crippen LogP contribution is 2.51. The van der Waals surface area contributed by atoms with Crippen molar-refractivity contribution in [2.45, 2.75) is 0 Å². The van der Waals surface area contributed by atoms with Crippen molar-refractivity contribution in [3.8, 4) is 33.4 Å². The van der Waals surface area contributed by atoms with Gasteiger partial charge in [0.2, 0.25) is 0 Å². The third kappa shape index (κ3) is 2.64. The van der Waals surface area contributed by atoms with E-state index in [1.54, 1.807) is 0 Å². The third-order valence-electron chi connectivity index (χ3n) is 8.54. The fourth-order valence-electron chi connectivity index (χ4n) is 6.79. The van der Waals surface area contributed by atoms with Gasteiger partial charge in [0.05, 0.1) is 0 Å². The van der Waals surface area contributed by atoms with E-state index >= 15 is 0 Å². The molecule has 0 N–H and O–H groups in total. The van der Waals surface area contributed by atoms with Gasteiger partial charge in [-0.05, 0) is 112 Å². The van der Waals surface area contributed by atoms with Gasteiger partial charge >= 0.3 is 0 Å². The zero-order chi connectivity index (χ0) is 24.8. The van der Waals surface area contributed by atoms with Gasteiger partial charge in [0, 0.05) is 0 Å². The Bertz CT molecular complexity index is 2280. The summed E-state index contributed by atoms with van der Waals surface area (Å²) in [5.41, 5.74) is 7.94. The smallest absolute Gasteiger partial charge is 0.00199 e. The molecular formula is C38H22. The molecule has 0 radical (unpaired) electrons. The van der Waals surface area contributed by atoms with E-state index < -0.39 is 0 Å². The van der Waals surface area contributed by atoms with Gasteiger partial charge in [-0.2, -0.15) is 0 Å². The van der Waals surface area contributed by atoms with Crippen LogP contribution in [-0.4, -0.2) is 0 Å². The van der Waals surface area contributed by atoms with Crippen LogP contribution < -0.4 is 0 Å². The molecule has 0 nitrogen and oxygen atoms in total. The third-order valence-corrected chi connectivity index (χ3v) is 8.54. The van der Waals surface area contributed by atoms with Crippen LogP contribution in [-0.2, 0) is 0 Å². The second-order valence-corrected chi connectivity index (χ2v) is 10.5. The summed E-state index contributed by atoms with van der Waals surface area (Å²) in [5, 5.41) is 13.2. The first kappa shape index (κ1) is 20.2. The molecule has 0 atom stereocenters. The van der Waals surface area contributed by atoms with Crippen LogP contribution in [0.1, 0.15) is 0 Å². The molecule has 0 amide bonds. The largest absolute Gasteiger partial charge is 0.0616 e. The van der Waals surface area contributed by atoms with Crippen molar-refractivity contribution in [3.63, 3.8) is 0 Å². The fraction of sp³-hybridized carbons (Fsp3) is 0. The highest BCUT2D eigenvalue weighted by molar-refractivity contribution is 6.27. The Morgan fingerprint density at radius 2 is 0.921 bits per heavy atom. The minimum Gasteiger partial charge on any atom is -0.0616 e. The van der Waals surface area contributed by atoms with Crippen molar-refractivity contribution in [1.82, 2.24) is 0 Å². The van der Waals surface area contributed by atoms with Gasteiger partial charge in [0.25, 0.3) is 0 Å². The van der Waals surface area contributed by atoms with E-state index in [2.05, 4.69) is 133 Å². The van der Waals surface area contributed by atoms with Crippen LogP contribution in [0.15, 0.2) is 133 Å². The predicted octanol–water partition coefficient (Wildman–Crippen LogP) is 10.8. The molecule has 1 aliphatic rings. The molecule has 8 aromatic carbocycles. The molecule has 0 fully saturated rings. The van der Waals surface area contributed by atoms with Crippen LogP contribution in [0.3, 0.4) is 0 Å². The first-order chi connectivity index (χ1) is 18.8. The molecule has 0 spiro atoms. The van der Waals surface area contributed by atoms with E-state index in [4.69, 9.17) is 0 Å². The summed E-state index contributed by atoms with van der Waals surface area (Å²) < 4.78 is 0. The fourth-order valence-corrected chi connectivity index (χ4v) is 6.79. The molecule has 1 aliphatic carbocycles. The lowest BCUT2D eigenvalue weighted by Gasteiger charge is -2.11. The average Bonchev–Trinajstić information content (AvgIpc) is 3.29. The lowest BCUT2D eigenvalue weighted by atomic mass is 9.92. The van der Waals surface area contributed by atoms with Crippen molar-refractivity contribution in [1.29, 1.82) is 0 Å². The monoisotopic (exact) mass is 478 g/mol. The Kier molecular flexibility index (Phi) is 3.88. The highest BCUT2D eigenvalue weighted by atomic mass is 14.3. The maximum atomic E-state index is 2.44. The number of fused-ring (bicyclic) bond motifs is 9. The van der Waals surface area contributed by atoms with Gasteiger partial charge in [-0.25, -0.2) is 0 Å². The first-order valence-corrected chi connectivity index (χ1v) is 13.3. The average molecular weight is 479 g/mol. The normalized spacial score (nSPS) is 12.2. The molecule has 0 unspecified atom stereocenters. The molecule has 0 heterocycles. The van der Waals surface area contributed by atoms with Gasteiger partial charge in [-0.1, -0.05) is 109 Å². The maximum absolute atomic E-state index is 2.44. The van der Waals surface area contributed by atoms with Crippen LogP contribution in [0.25, 0.3) is 87.2 Å². The zero-order valence-electron chi connectivity index (χ0n) is 20.7. The van der Waals surface area contributed by atoms with Crippen LogP contribution in [0.4, 0.5) is 0 Å². The maximum Gasteiger partial charge on any atom is -0.00199 e. The highest BCUT2D eigenvalue weighted by Gasteiger charge is 2.24. The Balaban J connectivity index is 1.32. The Hall–Kier alpha value is -4.94. The minimum absolute atomic E-state index is 1.26. The van der Waals surface area contributed by atoms with E-state index in [0.717, 1.165) is 0 Å². The minimum atomic E-state index is 1.26. The van der Waals surface area contributed by atoms with Crippen molar-refractivity contribution in [2.75, 3.05) is 0 Å². The molecular weight excluding hydrogens is 456 g/mol. The van der Waals surface area contributed by atoms with Crippen LogP contribution in [0.5, 0.6) is 0 Å². The Labute approximate surface area is 220 Å². The zero-order valence-corrected chi connectivity index (χ0v) is 20.7. The molecule has 9 rings (SSSR count). The quantitative estimate of drug-likeness (QED) is 0.206. The topological polar surface area (TPSA) is 0 Å². The molecule has 0 aromatic heterocycles. The summed E-state index contributed by atoms with van der Waals surface area (Å²) in [7, 11) is 0. The number of benzene rings is 8. The van der Waals surface area contributed by atoms with E-state index in [-0.39, 0.29) is 0 Å². The van der Waals surface area contributed by atoms with Gasteiger partial charge in [0.15, 0.2) is 0 Å². The second kappa shape index (κ2) is 7.31. The first-order valence-electron chi connectivity index (χ1n) is 13.3. The number of hydrogen-bond acceptors (Lipinski definition) is 0. The van der Waals surface area contributed by atoms with E-state index in [0.29, 0.717) is 0 Å². The molecule has 0 saturated heterocycles. The lowest BCUT2D eigenvalue weighted by molar-refractivity contribution is 1.68. The second-order valence-electron chi connectivity index (χ2n) is 10.5. The molecule has 0 bridgehead atoms. The summed E-state index contributed by atoms with van der Waals surface area (Å²) in [5.74, 6) is 0. The summed E-state index contributed by atoms with van der Waals surface area (Å²) in [6, 6.07) is 49.6. The molecule has 38 heavy (non-hydrogen) atoms. The molecule has 0 heteroatoms. The van der Waals surface area contributed by atoms with E-state index in [9.17, 15) is 0 Å². The lowest BCUT2D eigenvalue weighted by Crippen LogP contribution is -1.84. The van der Waals surface area contributed by atoms with Crippen molar-refractivity contribution >= 4 is 53.9 Å². The van der Waals surface area contributed by atoms with Gasteiger partial charge in [0.1, 0.15) is 0 Å². The van der Waals surface area contributed by atoms with Gasteiger partial charge < -0.3 is 0 Å². The number of hydrogen-bond donors (Lipinski definition) is 0. The summed E-state index contributed by atoms with van der Waals surface area (Å²) >= 11 is 0. The molecule has 8 aromatic rings. The SMILES string of the molecule is c1ccc2c(-c3ccc4cc5c(cc4c3)-c3cccc4c3c-5cc3c5ccccc5ccc43)cccc2c1. The molecule has 174 valence electrons. The van der Waals surface area contributed by atoms with Crippen LogP contribution in [0, 0.1) is 0 Å². The van der Waals surface area contributed by atoms with Crippen LogP contribution in [0.2, 0.25) is 0 Å². The van der Waals surface area contributed by atoms with Crippen molar-refractivity contribution in [2.24, 2.45) is 0 Å². The summed E-state index contributed by atoms with van der Waals surface area (Å²) in [6.07, 6.45) is 0. The summed E-state index contributed by atoms with van der Waals surface area (Å²) in [6.45, 7) is 0. The van der Waals surface area contributed by atoms with E-state index in [1.165, 1.54) is 87.2 Å². The summed E-state index contributed by atoms with van der Waals surface area (Å²) in [4.78, 5) is 0. The standard InChI is InChI=1S/C38H22/c1-3-10-28-23(7-1)9-5-12-30(28)26-16-15-25-20-35-34(21-27(25)19-26)33-14-6-13-32-31-18-17-24-8-2-4-11-29(24)36(31)22-37(35)38(32)33/h1-22H. The van der Waals surface area contributed by atoms with Gasteiger partial charge in [-0.3, -0.25) is 0 Å². The van der Waals surface area contributed by atoms with Crippen molar-refractivity contribution in [3.05, 3.63) is 133 Å². The Morgan fingerprint density at radius 3 is 1.84 bits per heavy atom. The van der Waals surface area contributed by atoms with Gasteiger partial charge in [-0.15, -0.1) is 0 Å². The Morgan fingerprint density at radius 1 is 0.263 bits per heavy atom. The molecule has 0 saturated carbocycles. The number of rotatable bonds is 1.